The fraction of sp³-hybridized carbons (Fsp3) is 0.667. The number of hydrogen-bond donors (Lipinski definition) is 2. The van der Waals surface area contributed by atoms with Crippen molar-refractivity contribution in [2.75, 3.05) is 19.6 Å². The number of rotatable bonds is 10. The van der Waals surface area contributed by atoms with Gasteiger partial charge in [-0.05, 0) is 49.8 Å². The Morgan fingerprint density at radius 1 is 1.14 bits per heavy atom. The molecule has 5 nitrogen and oxygen atoms in total. The Morgan fingerprint density at radius 3 is 2.38 bits per heavy atom. The van der Waals surface area contributed by atoms with E-state index in [1.54, 1.807) is 0 Å². The zero-order valence-corrected chi connectivity index (χ0v) is 18.6. The molecule has 29 heavy (non-hydrogen) atoms. The number of nitrogens with one attached hydrogen (secondary N) is 2. The molecular formula is C24H39N3O2. The molecule has 2 unspecified atom stereocenters. The van der Waals surface area contributed by atoms with Crippen LogP contribution in [0.25, 0.3) is 0 Å². The summed E-state index contributed by atoms with van der Waals surface area (Å²) >= 11 is 0. The van der Waals surface area contributed by atoms with Crippen LogP contribution in [0, 0.1) is 11.8 Å². The summed E-state index contributed by atoms with van der Waals surface area (Å²) in [6.07, 6.45) is 4.26. The Labute approximate surface area is 176 Å². The second kappa shape index (κ2) is 12.0. The Kier molecular flexibility index (Phi) is 9.65. The van der Waals surface area contributed by atoms with Gasteiger partial charge in [0.25, 0.3) is 0 Å². The molecule has 1 saturated heterocycles. The highest BCUT2D eigenvalue weighted by Gasteiger charge is 2.27. The van der Waals surface area contributed by atoms with E-state index in [9.17, 15) is 9.59 Å². The second-order valence-corrected chi connectivity index (χ2v) is 8.85. The Morgan fingerprint density at radius 2 is 1.79 bits per heavy atom. The van der Waals surface area contributed by atoms with E-state index in [2.05, 4.69) is 36.3 Å². The molecule has 0 aromatic heterocycles. The Hall–Kier alpha value is -1.88. The molecule has 1 aromatic carbocycles. The van der Waals surface area contributed by atoms with Gasteiger partial charge in [-0.1, -0.05) is 64.4 Å². The summed E-state index contributed by atoms with van der Waals surface area (Å²) in [5.41, 5.74) is 0.958. The third-order valence-corrected chi connectivity index (χ3v) is 5.98. The molecular weight excluding hydrogens is 362 g/mol. The summed E-state index contributed by atoms with van der Waals surface area (Å²) in [4.78, 5) is 27.8. The average Bonchev–Trinajstić information content (AvgIpc) is 2.69. The number of hydrogen-bond acceptors (Lipinski definition) is 3. The smallest absolute Gasteiger partial charge is 0.242 e. The normalized spacial score (nSPS) is 17.7. The first kappa shape index (κ1) is 23.4. The molecule has 2 amide bonds. The van der Waals surface area contributed by atoms with Crippen molar-refractivity contribution in [1.82, 2.24) is 15.5 Å². The first-order chi connectivity index (χ1) is 13.9. The molecule has 2 N–H and O–H groups in total. The van der Waals surface area contributed by atoms with Crippen LogP contribution in [0.5, 0.6) is 0 Å². The van der Waals surface area contributed by atoms with Gasteiger partial charge < -0.3 is 10.6 Å². The van der Waals surface area contributed by atoms with E-state index in [4.69, 9.17) is 0 Å². The number of carbonyl (C=O) groups excluding carboxylic acids is 2. The molecule has 0 bridgehead atoms. The standard InChI is InChI=1S/C24H39N3O2/c1-5-9-21(26-23(28)16-20-10-7-6-8-11-20)24(29)25-17-22(18(2)3)27-14-12-19(4)13-15-27/h6-8,10-11,18-19,21-22H,5,9,12-17H2,1-4H3,(H,25,29)(H,26,28). The zero-order chi connectivity index (χ0) is 21.2. The highest BCUT2D eigenvalue weighted by molar-refractivity contribution is 5.88. The molecule has 1 aromatic rings. The minimum Gasteiger partial charge on any atom is -0.353 e. The monoisotopic (exact) mass is 401 g/mol. The number of carbonyl (C=O) groups is 2. The highest BCUT2D eigenvalue weighted by atomic mass is 16.2. The maximum atomic E-state index is 12.8. The summed E-state index contributed by atoms with van der Waals surface area (Å²) in [7, 11) is 0. The van der Waals surface area contributed by atoms with Crippen molar-refractivity contribution in [3.8, 4) is 0 Å². The fourth-order valence-electron chi connectivity index (χ4n) is 4.06. The number of benzene rings is 1. The minimum atomic E-state index is -0.467. The number of likely N-dealkylation sites (tertiary alicyclic amines) is 1. The molecule has 5 heteroatoms. The van der Waals surface area contributed by atoms with Crippen LogP contribution >= 0.6 is 0 Å². The van der Waals surface area contributed by atoms with Crippen LogP contribution in [0.1, 0.15) is 58.9 Å². The summed E-state index contributed by atoms with van der Waals surface area (Å²) in [6, 6.07) is 9.52. The lowest BCUT2D eigenvalue weighted by atomic mass is 9.94. The van der Waals surface area contributed by atoms with Crippen molar-refractivity contribution >= 4 is 11.8 Å². The highest BCUT2D eigenvalue weighted by Crippen LogP contribution is 2.21. The molecule has 1 aliphatic rings. The van der Waals surface area contributed by atoms with E-state index >= 15 is 0 Å². The van der Waals surface area contributed by atoms with Gasteiger partial charge in [0.2, 0.25) is 11.8 Å². The van der Waals surface area contributed by atoms with E-state index in [1.165, 1.54) is 12.8 Å². The summed E-state index contributed by atoms with van der Waals surface area (Å²) in [5, 5.41) is 6.07. The van der Waals surface area contributed by atoms with Crippen LogP contribution < -0.4 is 10.6 Å². The minimum absolute atomic E-state index is 0.0655. The van der Waals surface area contributed by atoms with Gasteiger partial charge in [-0.25, -0.2) is 0 Å². The van der Waals surface area contributed by atoms with E-state index < -0.39 is 6.04 Å². The third kappa shape index (κ3) is 7.81. The SMILES string of the molecule is CCCC(NC(=O)Cc1ccccc1)C(=O)NCC(C(C)C)N1CCC(C)CC1. The van der Waals surface area contributed by atoms with E-state index in [1.807, 2.05) is 37.3 Å². The average molecular weight is 402 g/mol. The first-order valence-corrected chi connectivity index (χ1v) is 11.3. The van der Waals surface area contributed by atoms with Crippen LogP contribution in [-0.4, -0.2) is 48.4 Å². The molecule has 1 fully saturated rings. The van der Waals surface area contributed by atoms with Crippen LogP contribution in [0.4, 0.5) is 0 Å². The van der Waals surface area contributed by atoms with Gasteiger partial charge in [-0.3, -0.25) is 14.5 Å². The Bertz CT molecular complexity index is 624. The van der Waals surface area contributed by atoms with Crippen molar-refractivity contribution in [2.45, 2.75) is 71.9 Å². The van der Waals surface area contributed by atoms with E-state index in [-0.39, 0.29) is 11.8 Å². The molecule has 1 aliphatic heterocycles. The number of amides is 2. The maximum Gasteiger partial charge on any atom is 0.242 e. The van der Waals surface area contributed by atoms with Crippen LogP contribution in [0.2, 0.25) is 0 Å². The van der Waals surface area contributed by atoms with Crippen LogP contribution in [0.3, 0.4) is 0 Å². The Balaban J connectivity index is 1.89. The summed E-state index contributed by atoms with van der Waals surface area (Å²) in [5.74, 6) is 1.10. The van der Waals surface area contributed by atoms with Crippen molar-refractivity contribution in [3.63, 3.8) is 0 Å². The molecule has 1 heterocycles. The van der Waals surface area contributed by atoms with Gasteiger partial charge in [0, 0.05) is 12.6 Å². The van der Waals surface area contributed by atoms with Gasteiger partial charge in [0.05, 0.1) is 6.42 Å². The largest absolute Gasteiger partial charge is 0.353 e. The molecule has 0 saturated carbocycles. The van der Waals surface area contributed by atoms with Gasteiger partial charge in [0.15, 0.2) is 0 Å². The van der Waals surface area contributed by atoms with Gasteiger partial charge in [-0.2, -0.15) is 0 Å². The van der Waals surface area contributed by atoms with Crippen molar-refractivity contribution in [1.29, 1.82) is 0 Å². The lowest BCUT2D eigenvalue weighted by Crippen LogP contribution is -2.53. The van der Waals surface area contributed by atoms with Crippen LogP contribution in [-0.2, 0) is 16.0 Å². The van der Waals surface area contributed by atoms with Crippen molar-refractivity contribution < 1.29 is 9.59 Å². The molecule has 0 spiro atoms. The lowest BCUT2D eigenvalue weighted by Gasteiger charge is -2.39. The van der Waals surface area contributed by atoms with E-state index in [0.29, 0.717) is 31.3 Å². The molecule has 2 rings (SSSR count). The van der Waals surface area contributed by atoms with Gasteiger partial charge in [-0.15, -0.1) is 0 Å². The molecule has 2 atom stereocenters. The summed E-state index contributed by atoms with van der Waals surface area (Å²) < 4.78 is 0. The third-order valence-electron chi connectivity index (χ3n) is 5.98. The lowest BCUT2D eigenvalue weighted by molar-refractivity contribution is -0.129. The molecule has 0 aliphatic carbocycles. The topological polar surface area (TPSA) is 61.4 Å². The molecule has 162 valence electrons. The van der Waals surface area contributed by atoms with Crippen LogP contribution in [0.15, 0.2) is 30.3 Å². The quantitative estimate of drug-likeness (QED) is 0.632. The van der Waals surface area contributed by atoms with Gasteiger partial charge in [0.1, 0.15) is 6.04 Å². The fourth-order valence-corrected chi connectivity index (χ4v) is 4.06. The van der Waals surface area contributed by atoms with Crippen molar-refractivity contribution in [3.05, 3.63) is 35.9 Å². The van der Waals surface area contributed by atoms with Crippen molar-refractivity contribution in [2.24, 2.45) is 11.8 Å². The predicted molar refractivity (Wildman–Crippen MR) is 119 cm³/mol. The number of piperidine rings is 1. The number of nitrogens with zero attached hydrogens (tertiary/aromatic N) is 1. The van der Waals surface area contributed by atoms with E-state index in [0.717, 1.165) is 31.0 Å². The summed E-state index contributed by atoms with van der Waals surface area (Å²) in [6.45, 7) is 11.6. The maximum absolute atomic E-state index is 12.8. The predicted octanol–water partition coefficient (Wildman–Crippen LogP) is 3.39. The zero-order valence-electron chi connectivity index (χ0n) is 18.6. The van der Waals surface area contributed by atoms with Gasteiger partial charge >= 0.3 is 0 Å². The first-order valence-electron chi connectivity index (χ1n) is 11.3. The second-order valence-electron chi connectivity index (χ2n) is 8.85. The molecule has 0 radical (unpaired) electrons.